The molecular weight excluding hydrogens is 428 g/mol. The fourth-order valence-electron chi connectivity index (χ4n) is 4.38. The van der Waals surface area contributed by atoms with E-state index in [0.717, 1.165) is 22.3 Å². The molecule has 0 aromatic heterocycles. The van der Waals surface area contributed by atoms with Gasteiger partial charge in [-0.25, -0.2) is 9.59 Å². The van der Waals surface area contributed by atoms with Crippen LogP contribution in [0.25, 0.3) is 11.1 Å². The first-order valence-corrected chi connectivity index (χ1v) is 12.0. The summed E-state index contributed by atoms with van der Waals surface area (Å²) in [6.45, 7) is 0.544. The molecule has 1 aliphatic heterocycles. The molecule has 1 aliphatic carbocycles. The minimum Gasteiger partial charge on any atom is -0.480 e. The molecule has 32 heavy (non-hydrogen) atoms. The number of carbonyl (C=O) groups is 3. The van der Waals surface area contributed by atoms with Gasteiger partial charge in [-0.05, 0) is 47.1 Å². The molecule has 0 bridgehead atoms. The lowest BCUT2D eigenvalue weighted by molar-refractivity contribution is -0.158. The van der Waals surface area contributed by atoms with Gasteiger partial charge >= 0.3 is 12.1 Å². The molecule has 7 nitrogen and oxygen atoms in total. The van der Waals surface area contributed by atoms with Crippen molar-refractivity contribution in [3.8, 4) is 11.1 Å². The Morgan fingerprint density at radius 2 is 1.75 bits per heavy atom. The molecule has 1 saturated heterocycles. The quantitative estimate of drug-likeness (QED) is 0.635. The van der Waals surface area contributed by atoms with Gasteiger partial charge in [0.25, 0.3) is 0 Å². The van der Waals surface area contributed by atoms with Gasteiger partial charge in [0.15, 0.2) is 0 Å². The number of likely N-dealkylation sites (tertiary alicyclic amines) is 1. The van der Waals surface area contributed by atoms with Crippen LogP contribution in [0.3, 0.4) is 0 Å². The van der Waals surface area contributed by atoms with Crippen LogP contribution in [0.1, 0.15) is 29.9 Å². The molecule has 2 atom stereocenters. The minimum absolute atomic E-state index is 0.0692. The molecule has 8 heteroatoms. The van der Waals surface area contributed by atoms with E-state index in [4.69, 9.17) is 4.74 Å². The number of hydrogen-bond donors (Lipinski definition) is 2. The first-order chi connectivity index (χ1) is 15.5. The van der Waals surface area contributed by atoms with Crippen molar-refractivity contribution >= 4 is 29.7 Å². The summed E-state index contributed by atoms with van der Waals surface area (Å²) in [6, 6.07) is 14.5. The van der Waals surface area contributed by atoms with E-state index in [1.54, 1.807) is 11.8 Å². The summed E-state index contributed by atoms with van der Waals surface area (Å²) in [5.41, 5.74) is 4.51. The van der Waals surface area contributed by atoms with Gasteiger partial charge in [-0.2, -0.15) is 11.8 Å². The van der Waals surface area contributed by atoms with E-state index in [2.05, 4.69) is 17.4 Å². The Morgan fingerprint density at radius 3 is 2.28 bits per heavy atom. The molecule has 1 heterocycles. The molecular formula is C24H26N2O5S. The van der Waals surface area contributed by atoms with Gasteiger partial charge in [0, 0.05) is 12.5 Å². The second kappa shape index (κ2) is 9.65. The van der Waals surface area contributed by atoms with Crippen molar-refractivity contribution in [3.63, 3.8) is 0 Å². The van der Waals surface area contributed by atoms with Gasteiger partial charge in [-0.15, -0.1) is 0 Å². The molecule has 2 N–H and O–H groups in total. The highest BCUT2D eigenvalue weighted by atomic mass is 32.2. The SMILES string of the molecule is CSCC[C@@H](NC(=O)OCC1c2ccccc2-c2ccccc21)C(=O)N1CCC1C(=O)O. The average Bonchev–Trinajstić information content (AvgIpc) is 3.07. The van der Waals surface area contributed by atoms with Crippen LogP contribution in [-0.2, 0) is 14.3 Å². The van der Waals surface area contributed by atoms with E-state index >= 15 is 0 Å². The zero-order chi connectivity index (χ0) is 22.7. The molecule has 2 aromatic carbocycles. The average molecular weight is 455 g/mol. The van der Waals surface area contributed by atoms with E-state index in [1.165, 1.54) is 4.90 Å². The van der Waals surface area contributed by atoms with Gasteiger partial charge in [0.05, 0.1) is 0 Å². The molecule has 1 unspecified atom stereocenters. The fraction of sp³-hybridized carbons (Fsp3) is 0.375. The van der Waals surface area contributed by atoms with Crippen molar-refractivity contribution < 1.29 is 24.2 Å². The van der Waals surface area contributed by atoms with Crippen molar-refractivity contribution in [2.75, 3.05) is 25.2 Å². The van der Waals surface area contributed by atoms with Crippen LogP contribution in [0, 0.1) is 0 Å². The number of rotatable bonds is 8. The van der Waals surface area contributed by atoms with Crippen LogP contribution in [0.15, 0.2) is 48.5 Å². The molecule has 0 radical (unpaired) electrons. The van der Waals surface area contributed by atoms with Crippen molar-refractivity contribution in [2.45, 2.75) is 30.8 Å². The van der Waals surface area contributed by atoms with Gasteiger partial charge in [-0.3, -0.25) is 4.79 Å². The topological polar surface area (TPSA) is 95.9 Å². The van der Waals surface area contributed by atoms with Crippen molar-refractivity contribution in [1.82, 2.24) is 10.2 Å². The molecule has 2 amide bonds. The number of alkyl carbamates (subject to hydrolysis) is 1. The summed E-state index contributed by atoms with van der Waals surface area (Å²) < 4.78 is 5.56. The first-order valence-electron chi connectivity index (χ1n) is 10.6. The molecule has 168 valence electrons. The summed E-state index contributed by atoms with van der Waals surface area (Å²) in [6.07, 6.45) is 2.09. The zero-order valence-electron chi connectivity index (χ0n) is 17.8. The summed E-state index contributed by atoms with van der Waals surface area (Å²) >= 11 is 1.56. The normalized spacial score (nSPS) is 17.7. The number of thioether (sulfide) groups is 1. The van der Waals surface area contributed by atoms with Gasteiger partial charge in [0.2, 0.25) is 5.91 Å². The fourth-order valence-corrected chi connectivity index (χ4v) is 4.85. The number of benzene rings is 2. The van der Waals surface area contributed by atoms with E-state index in [1.807, 2.05) is 42.7 Å². The van der Waals surface area contributed by atoms with E-state index in [-0.39, 0.29) is 18.4 Å². The number of carboxylic acids is 1. The minimum atomic E-state index is -1.02. The van der Waals surface area contributed by atoms with Gasteiger partial charge in [0.1, 0.15) is 18.7 Å². The third kappa shape index (κ3) is 4.32. The second-order valence-corrected chi connectivity index (χ2v) is 8.96. The summed E-state index contributed by atoms with van der Waals surface area (Å²) in [4.78, 5) is 38.1. The first kappa shape index (κ1) is 22.2. The van der Waals surface area contributed by atoms with Crippen molar-refractivity contribution in [2.24, 2.45) is 0 Å². The number of nitrogens with one attached hydrogen (secondary N) is 1. The van der Waals surface area contributed by atoms with Crippen LogP contribution >= 0.6 is 11.8 Å². The third-order valence-corrected chi connectivity index (χ3v) is 6.78. The monoisotopic (exact) mass is 454 g/mol. The maximum Gasteiger partial charge on any atom is 0.407 e. The smallest absolute Gasteiger partial charge is 0.407 e. The van der Waals surface area contributed by atoms with Crippen molar-refractivity contribution in [1.29, 1.82) is 0 Å². The Bertz CT molecular complexity index is 981. The number of carbonyl (C=O) groups excluding carboxylic acids is 2. The highest BCUT2D eigenvalue weighted by Gasteiger charge is 2.40. The lowest BCUT2D eigenvalue weighted by atomic mass is 9.98. The Labute approximate surface area is 191 Å². The Balaban J connectivity index is 1.42. The second-order valence-electron chi connectivity index (χ2n) is 7.98. The van der Waals surface area contributed by atoms with Crippen LogP contribution in [0.4, 0.5) is 4.79 Å². The number of fused-ring (bicyclic) bond motifs is 3. The summed E-state index contributed by atoms with van der Waals surface area (Å²) in [5, 5.41) is 11.9. The van der Waals surface area contributed by atoms with Gasteiger partial charge in [-0.1, -0.05) is 48.5 Å². The van der Waals surface area contributed by atoms with Crippen LogP contribution in [0.5, 0.6) is 0 Å². The number of hydrogen-bond acceptors (Lipinski definition) is 5. The van der Waals surface area contributed by atoms with Crippen molar-refractivity contribution in [3.05, 3.63) is 59.7 Å². The number of ether oxygens (including phenoxy) is 1. The number of aliphatic carboxylic acids is 1. The maximum atomic E-state index is 12.9. The number of amides is 2. The van der Waals surface area contributed by atoms with Gasteiger partial charge < -0.3 is 20.1 Å². The molecule has 0 saturated carbocycles. The van der Waals surface area contributed by atoms with E-state index in [0.29, 0.717) is 25.1 Å². The summed E-state index contributed by atoms with van der Waals surface area (Å²) in [5.74, 6) is -0.799. The molecule has 2 aliphatic rings. The highest BCUT2D eigenvalue weighted by Crippen LogP contribution is 2.44. The lowest BCUT2D eigenvalue weighted by Crippen LogP contribution is -2.60. The summed E-state index contributed by atoms with van der Waals surface area (Å²) in [7, 11) is 0. The maximum absolute atomic E-state index is 12.9. The molecule has 2 aromatic rings. The predicted octanol–water partition coefficient (Wildman–Crippen LogP) is 3.33. The number of carboxylic acid groups (broad SMARTS) is 1. The molecule has 0 spiro atoms. The zero-order valence-corrected chi connectivity index (χ0v) is 18.6. The van der Waals surface area contributed by atoms with Crippen LogP contribution < -0.4 is 5.32 Å². The largest absolute Gasteiger partial charge is 0.480 e. The number of nitrogens with zero attached hydrogens (tertiary/aromatic N) is 1. The Hall–Kier alpha value is -3.00. The lowest BCUT2D eigenvalue weighted by Gasteiger charge is -2.40. The molecule has 1 fully saturated rings. The van der Waals surface area contributed by atoms with E-state index in [9.17, 15) is 19.5 Å². The Kier molecular flexibility index (Phi) is 6.69. The Morgan fingerprint density at radius 1 is 1.12 bits per heavy atom. The third-order valence-electron chi connectivity index (χ3n) is 6.13. The molecule has 4 rings (SSSR count). The predicted molar refractivity (Wildman–Crippen MR) is 123 cm³/mol. The van der Waals surface area contributed by atoms with Crippen LogP contribution in [0.2, 0.25) is 0 Å². The van der Waals surface area contributed by atoms with Crippen LogP contribution in [-0.4, -0.2) is 65.2 Å². The standard InChI is InChI=1S/C24H26N2O5S/c1-32-13-11-20(22(27)26-12-10-21(26)23(28)29)25-24(30)31-14-19-17-8-4-2-6-15(17)16-7-3-5-9-18(16)19/h2-9,19-21H,10-14H2,1H3,(H,25,30)(H,28,29)/t20-,21?/m1/s1. The highest BCUT2D eigenvalue weighted by molar-refractivity contribution is 7.98. The van der Waals surface area contributed by atoms with E-state index < -0.39 is 24.1 Å².